The Labute approximate surface area is 299 Å². The third kappa shape index (κ3) is 6.89. The Balaban J connectivity index is 1.24. The van der Waals surface area contributed by atoms with Crippen molar-refractivity contribution in [3.8, 4) is 11.5 Å². The quantitative estimate of drug-likeness (QED) is 0.0631. The van der Waals surface area contributed by atoms with Crippen LogP contribution in [0.15, 0.2) is 32.9 Å². The first-order valence-corrected chi connectivity index (χ1v) is 16.5. The fraction of sp³-hybridized carbons (Fsp3) is 0.333. The van der Waals surface area contributed by atoms with E-state index in [0.29, 0.717) is 0 Å². The predicted molar refractivity (Wildman–Crippen MR) is 179 cm³/mol. The molecule has 2 aromatic rings. The molecule has 0 spiro atoms. The molecule has 4 heterocycles. The Morgan fingerprint density at radius 2 is 1.90 bits per heavy atom. The van der Waals surface area contributed by atoms with Gasteiger partial charge in [-0.1, -0.05) is 28.5 Å². The molecule has 0 saturated carbocycles. The number of β-lactam (4-membered cyclic amide) rings is 1. The molecule has 24 heteroatoms. The van der Waals surface area contributed by atoms with E-state index in [-0.39, 0.29) is 29.5 Å². The Bertz CT molecular complexity index is 1920. The molecule has 3 atom stereocenters. The molecule has 51 heavy (non-hydrogen) atoms. The number of aromatic hydroxyl groups is 2. The minimum atomic E-state index is -1.95. The van der Waals surface area contributed by atoms with Crippen molar-refractivity contribution >= 4 is 93.7 Å². The second kappa shape index (κ2) is 13.9. The number of nitrogens with zero attached hydrogens (tertiary/aromatic N) is 7. The highest BCUT2D eigenvalue weighted by atomic mass is 35.5. The van der Waals surface area contributed by atoms with Crippen LogP contribution in [0.4, 0.5) is 9.93 Å². The largest absolute Gasteiger partial charge is 0.504 e. The number of aromatic nitrogens is 1. The number of rotatable bonds is 12. The summed E-state index contributed by atoms with van der Waals surface area (Å²) in [5.74, 6) is -6.46. The number of thioether (sulfide) groups is 1. The molecular formula is C27H27ClN10O11S2. The second-order valence-electron chi connectivity index (χ2n) is 11.3. The molecule has 1 aromatic carbocycles. The van der Waals surface area contributed by atoms with Crippen molar-refractivity contribution < 1.29 is 54.0 Å². The van der Waals surface area contributed by atoms with E-state index in [0.717, 1.165) is 57.6 Å². The molecule has 8 N–H and O–H groups in total. The third-order valence-electron chi connectivity index (χ3n) is 7.60. The number of aliphatic carboxylic acids is 2. The van der Waals surface area contributed by atoms with Gasteiger partial charge in [0.25, 0.3) is 11.8 Å². The molecule has 0 bridgehead atoms. The van der Waals surface area contributed by atoms with Crippen molar-refractivity contribution in [3.63, 3.8) is 0 Å². The van der Waals surface area contributed by atoms with Crippen LogP contribution in [0.3, 0.4) is 0 Å². The summed E-state index contributed by atoms with van der Waals surface area (Å²) in [7, 11) is 0. The van der Waals surface area contributed by atoms with Gasteiger partial charge in [-0.15, -0.1) is 11.3 Å². The summed E-state index contributed by atoms with van der Waals surface area (Å²) < 4.78 is 0. The average Bonchev–Trinajstić information content (AvgIpc) is 3.78. The number of carbonyl (C=O) groups excluding carboxylic acids is 4. The maximum Gasteiger partial charge on any atom is 0.350 e. The Morgan fingerprint density at radius 3 is 2.55 bits per heavy atom. The molecule has 0 aliphatic carbocycles. The lowest BCUT2D eigenvalue weighted by Crippen LogP contribution is -2.68. The number of hydrazone groups is 2. The van der Waals surface area contributed by atoms with Gasteiger partial charge in [0.15, 0.2) is 22.3 Å². The van der Waals surface area contributed by atoms with Crippen LogP contribution in [0, 0.1) is 0 Å². The number of halogens is 1. The monoisotopic (exact) mass is 766 g/mol. The fourth-order valence-corrected chi connectivity index (χ4v) is 7.24. The zero-order valence-electron chi connectivity index (χ0n) is 26.2. The molecule has 5 amide bonds. The number of carboxylic acid groups (broad SMARTS) is 2. The maximum atomic E-state index is 13.3. The molecule has 3 fully saturated rings. The van der Waals surface area contributed by atoms with Crippen molar-refractivity contribution in [2.45, 2.75) is 35.7 Å². The smallest absolute Gasteiger partial charge is 0.350 e. The number of nitrogens with two attached hydrogens (primary N) is 1. The number of urea groups is 1. The number of hydrogen-bond acceptors (Lipinski definition) is 16. The first-order chi connectivity index (χ1) is 24.0. The van der Waals surface area contributed by atoms with E-state index < -0.39 is 86.4 Å². The zero-order chi connectivity index (χ0) is 37.4. The van der Waals surface area contributed by atoms with Crippen LogP contribution in [0.2, 0.25) is 5.02 Å². The van der Waals surface area contributed by atoms with Crippen LogP contribution in [0.1, 0.15) is 29.9 Å². The highest BCUT2D eigenvalue weighted by molar-refractivity contribution is 8.02. The standard InChI is InChI=1S/C27H27ClN10O11S2/c1-26(2,22(44)45)49-35-15(12-9-50-24(29)32-12)19(42)33-16-20(43)36-10-27(23(46)47,51-21(16)36)37-7-8-38(25(37)48)31-6-5-30-34-18(41)11-3-4-13(39)17(40)14(11)28/h3-6,9,16,21,39-40H,7-8,10H2,1-2H3,(H2,29,32)(H,33,42)(H,34,41)(H,44,45)(H,46,47)/b30-5+,31-6+,35-15-/t16?,21-,27?/m1/s1. The molecule has 5 rings (SSSR count). The van der Waals surface area contributed by atoms with Gasteiger partial charge >= 0.3 is 18.0 Å². The average molecular weight is 767 g/mol. The minimum Gasteiger partial charge on any atom is -0.504 e. The number of nitrogen functional groups attached to an aromatic ring is 1. The van der Waals surface area contributed by atoms with E-state index in [1.54, 1.807) is 0 Å². The number of oxime groups is 1. The summed E-state index contributed by atoms with van der Waals surface area (Å²) in [4.78, 5) is 85.6. The number of phenolic OH excluding ortho intramolecular Hbond substituents is 2. The van der Waals surface area contributed by atoms with Gasteiger partial charge in [0.05, 0.1) is 36.1 Å². The van der Waals surface area contributed by atoms with Gasteiger partial charge < -0.3 is 41.2 Å². The fourth-order valence-electron chi connectivity index (χ4n) is 4.81. The van der Waals surface area contributed by atoms with Gasteiger partial charge in [-0.05, 0) is 26.0 Å². The first kappa shape index (κ1) is 36.6. The van der Waals surface area contributed by atoms with Crippen molar-refractivity contribution in [2.75, 3.05) is 25.4 Å². The number of carbonyl (C=O) groups is 6. The number of fused-ring (bicyclic) bond motifs is 1. The van der Waals surface area contributed by atoms with Crippen molar-refractivity contribution in [1.29, 1.82) is 0 Å². The number of phenols is 2. The normalized spacial score (nSPS) is 22.0. The molecule has 1 aromatic heterocycles. The maximum absolute atomic E-state index is 13.3. The number of anilines is 1. The SMILES string of the molecule is CC(C)(O/N=C(\C(=O)NC1C(=O)N2CC(C(=O)O)(N3CCN(/N=C/C=N/NC(=O)c4ccc(O)c(O)c4Cl)C3=O)S[C@H]12)c1csc(N)n1)C(=O)O. The molecule has 3 aliphatic heterocycles. The summed E-state index contributed by atoms with van der Waals surface area (Å²) in [5.41, 5.74) is 5.25. The first-order valence-electron chi connectivity index (χ1n) is 14.4. The Kier molecular flexibility index (Phi) is 9.98. The molecule has 3 aliphatic rings. The van der Waals surface area contributed by atoms with Gasteiger partial charge in [-0.2, -0.15) is 10.2 Å². The van der Waals surface area contributed by atoms with Crippen LogP contribution in [-0.4, -0.2) is 136 Å². The van der Waals surface area contributed by atoms with Crippen LogP contribution in [0.25, 0.3) is 0 Å². The topological polar surface area (TPSA) is 302 Å². The lowest BCUT2D eigenvalue weighted by molar-refractivity contribution is -0.161. The lowest BCUT2D eigenvalue weighted by atomic mass is 10.1. The van der Waals surface area contributed by atoms with Crippen LogP contribution >= 0.6 is 34.7 Å². The summed E-state index contributed by atoms with van der Waals surface area (Å²) >= 11 is 7.58. The van der Waals surface area contributed by atoms with Crippen molar-refractivity contribution in [1.82, 2.24) is 30.5 Å². The number of nitrogens with one attached hydrogen (secondary N) is 2. The van der Waals surface area contributed by atoms with Crippen LogP contribution in [0.5, 0.6) is 11.5 Å². The van der Waals surface area contributed by atoms with Gasteiger partial charge in [-0.3, -0.25) is 19.3 Å². The van der Waals surface area contributed by atoms with Gasteiger partial charge in [0.2, 0.25) is 16.4 Å². The Hall–Kier alpha value is -5.68. The summed E-state index contributed by atoms with van der Waals surface area (Å²) in [6, 6.07) is 0.151. The lowest BCUT2D eigenvalue weighted by Gasteiger charge is -2.41. The Morgan fingerprint density at radius 1 is 1.18 bits per heavy atom. The number of hydrogen-bond donors (Lipinski definition) is 7. The van der Waals surface area contributed by atoms with Crippen molar-refractivity contribution in [2.24, 2.45) is 15.4 Å². The number of carboxylic acids is 2. The molecular weight excluding hydrogens is 740 g/mol. The summed E-state index contributed by atoms with van der Waals surface area (Å²) in [5, 5.41) is 53.6. The second-order valence-corrected chi connectivity index (χ2v) is 13.9. The zero-order valence-corrected chi connectivity index (χ0v) is 28.6. The molecule has 3 saturated heterocycles. The third-order valence-corrected chi connectivity index (χ3v) is 10.3. The number of amides is 5. The van der Waals surface area contributed by atoms with E-state index in [1.165, 1.54) is 24.1 Å². The van der Waals surface area contributed by atoms with Crippen LogP contribution in [-0.2, 0) is 24.0 Å². The molecule has 270 valence electrons. The van der Waals surface area contributed by atoms with E-state index in [9.17, 15) is 49.2 Å². The van der Waals surface area contributed by atoms with Crippen LogP contribution < -0.4 is 16.5 Å². The van der Waals surface area contributed by atoms with E-state index in [1.807, 2.05) is 0 Å². The number of benzene rings is 1. The highest BCUT2D eigenvalue weighted by Gasteiger charge is 2.66. The van der Waals surface area contributed by atoms with Crippen molar-refractivity contribution in [3.05, 3.63) is 33.8 Å². The van der Waals surface area contributed by atoms with E-state index in [4.69, 9.17) is 22.2 Å². The predicted octanol–water partition coefficient (Wildman–Crippen LogP) is -0.306. The minimum absolute atomic E-state index is 0.0461. The molecule has 2 unspecified atom stereocenters. The van der Waals surface area contributed by atoms with Gasteiger partial charge in [-0.25, -0.2) is 29.8 Å². The highest BCUT2D eigenvalue weighted by Crippen LogP contribution is 2.49. The summed E-state index contributed by atoms with van der Waals surface area (Å²) in [6.45, 7) is 1.84. The molecule has 0 radical (unpaired) electrons. The van der Waals surface area contributed by atoms with Gasteiger partial charge in [0, 0.05) is 11.9 Å². The van der Waals surface area contributed by atoms with E-state index in [2.05, 4.69) is 31.1 Å². The number of thiazole rings is 1. The molecule has 21 nitrogen and oxygen atoms in total. The van der Waals surface area contributed by atoms with E-state index >= 15 is 0 Å². The summed E-state index contributed by atoms with van der Waals surface area (Å²) in [6.07, 6.45) is 2.06. The van der Waals surface area contributed by atoms with Gasteiger partial charge in [0.1, 0.15) is 17.1 Å².